The number of rotatable bonds is 6. The highest BCUT2D eigenvalue weighted by molar-refractivity contribution is 5.93. The summed E-state index contributed by atoms with van der Waals surface area (Å²) in [5.41, 5.74) is 5.74. The van der Waals surface area contributed by atoms with Gasteiger partial charge in [0, 0.05) is 18.7 Å². The van der Waals surface area contributed by atoms with Crippen molar-refractivity contribution >= 4 is 11.8 Å². The first-order valence-electron chi connectivity index (χ1n) is 9.93. The summed E-state index contributed by atoms with van der Waals surface area (Å²) in [6.07, 6.45) is 0.875. The number of furan rings is 1. The standard InChI is InChI=1S/C21H24FN3O5/c22-13-3-5-16-15(8-13)18(19(30-16)20(23)27)24-21(28)17-6-4-14(29-17)10-25-7-1-2-12(9-25)11-26/h3-6,8,12,18-19,26H,1-2,7,9-11H2,(H2,23,27)(H,24,28). The first kappa shape index (κ1) is 20.4. The summed E-state index contributed by atoms with van der Waals surface area (Å²) >= 11 is 0. The van der Waals surface area contributed by atoms with Crippen LogP contribution in [-0.2, 0) is 11.3 Å². The number of likely N-dealkylation sites (tertiary alicyclic amines) is 1. The topological polar surface area (TPSA) is 118 Å². The van der Waals surface area contributed by atoms with Crippen LogP contribution in [0.1, 0.15) is 40.8 Å². The molecular weight excluding hydrogens is 393 g/mol. The van der Waals surface area contributed by atoms with Crippen molar-refractivity contribution in [3.8, 4) is 5.75 Å². The second kappa shape index (κ2) is 8.45. The van der Waals surface area contributed by atoms with Gasteiger partial charge in [-0.3, -0.25) is 14.5 Å². The lowest BCUT2D eigenvalue weighted by Crippen LogP contribution is -2.43. The molecule has 30 heavy (non-hydrogen) atoms. The lowest BCUT2D eigenvalue weighted by molar-refractivity contribution is -0.125. The van der Waals surface area contributed by atoms with E-state index in [0.29, 0.717) is 23.6 Å². The molecule has 0 aliphatic carbocycles. The van der Waals surface area contributed by atoms with E-state index in [0.717, 1.165) is 25.9 Å². The predicted octanol–water partition coefficient (Wildman–Crippen LogP) is 1.34. The molecule has 4 N–H and O–H groups in total. The fourth-order valence-electron chi connectivity index (χ4n) is 4.07. The van der Waals surface area contributed by atoms with Crippen LogP contribution >= 0.6 is 0 Å². The van der Waals surface area contributed by atoms with Crippen molar-refractivity contribution in [2.24, 2.45) is 11.7 Å². The molecule has 0 saturated carbocycles. The van der Waals surface area contributed by atoms with E-state index in [1.165, 1.54) is 18.2 Å². The largest absolute Gasteiger partial charge is 0.478 e. The minimum absolute atomic E-state index is 0.0776. The normalized spacial score (nSPS) is 23.6. The zero-order valence-electron chi connectivity index (χ0n) is 16.3. The fourth-order valence-corrected chi connectivity index (χ4v) is 4.07. The van der Waals surface area contributed by atoms with Crippen molar-refractivity contribution < 1.29 is 28.2 Å². The molecule has 3 unspecified atom stereocenters. The van der Waals surface area contributed by atoms with Gasteiger partial charge in [0.2, 0.25) is 6.10 Å². The Morgan fingerprint density at radius 1 is 1.30 bits per heavy atom. The molecule has 2 aromatic rings. The first-order valence-corrected chi connectivity index (χ1v) is 9.93. The molecule has 0 radical (unpaired) electrons. The number of primary amides is 1. The van der Waals surface area contributed by atoms with Crippen molar-refractivity contribution in [1.29, 1.82) is 0 Å². The molecule has 160 valence electrons. The Morgan fingerprint density at radius 2 is 2.13 bits per heavy atom. The second-order valence-electron chi connectivity index (χ2n) is 7.77. The molecule has 9 heteroatoms. The molecule has 1 aromatic carbocycles. The molecule has 2 amide bonds. The van der Waals surface area contributed by atoms with Gasteiger partial charge in [-0.05, 0) is 55.6 Å². The maximum Gasteiger partial charge on any atom is 0.287 e. The number of amides is 2. The van der Waals surface area contributed by atoms with E-state index in [4.69, 9.17) is 14.9 Å². The number of carbonyl (C=O) groups is 2. The predicted molar refractivity (Wildman–Crippen MR) is 104 cm³/mol. The molecule has 8 nitrogen and oxygen atoms in total. The van der Waals surface area contributed by atoms with Crippen LogP contribution in [0.5, 0.6) is 5.75 Å². The molecule has 3 atom stereocenters. The molecule has 2 aliphatic rings. The summed E-state index contributed by atoms with van der Waals surface area (Å²) < 4.78 is 24.9. The van der Waals surface area contributed by atoms with Gasteiger partial charge in [0.15, 0.2) is 5.76 Å². The maximum atomic E-state index is 13.7. The summed E-state index contributed by atoms with van der Waals surface area (Å²) in [4.78, 5) is 26.7. The van der Waals surface area contributed by atoms with Crippen LogP contribution in [0.15, 0.2) is 34.7 Å². The number of aliphatic hydroxyl groups excluding tert-OH is 1. The number of benzene rings is 1. The fraction of sp³-hybridized carbons (Fsp3) is 0.429. The van der Waals surface area contributed by atoms with Gasteiger partial charge in [-0.2, -0.15) is 0 Å². The van der Waals surface area contributed by atoms with Gasteiger partial charge in [-0.25, -0.2) is 4.39 Å². The van der Waals surface area contributed by atoms with Crippen molar-refractivity contribution in [1.82, 2.24) is 10.2 Å². The van der Waals surface area contributed by atoms with E-state index in [9.17, 15) is 19.1 Å². The number of hydrogen-bond acceptors (Lipinski definition) is 6. The summed E-state index contributed by atoms with van der Waals surface area (Å²) in [5.74, 6) is -0.567. The first-order chi connectivity index (χ1) is 14.4. The molecule has 4 rings (SSSR count). The van der Waals surface area contributed by atoms with Gasteiger partial charge in [0.1, 0.15) is 23.4 Å². The highest BCUT2D eigenvalue weighted by atomic mass is 19.1. The Hall–Kier alpha value is -2.91. The van der Waals surface area contributed by atoms with E-state index >= 15 is 0 Å². The van der Waals surface area contributed by atoms with Crippen LogP contribution in [0.3, 0.4) is 0 Å². The molecule has 1 aromatic heterocycles. The number of halogens is 1. The smallest absolute Gasteiger partial charge is 0.287 e. The number of nitrogens with two attached hydrogens (primary N) is 1. The molecule has 3 heterocycles. The lowest BCUT2D eigenvalue weighted by atomic mass is 9.99. The van der Waals surface area contributed by atoms with E-state index < -0.39 is 29.8 Å². The lowest BCUT2D eigenvalue weighted by Gasteiger charge is -2.30. The monoisotopic (exact) mass is 417 g/mol. The maximum absolute atomic E-state index is 13.7. The average molecular weight is 417 g/mol. The van der Waals surface area contributed by atoms with Crippen molar-refractivity contribution in [3.63, 3.8) is 0 Å². The van der Waals surface area contributed by atoms with E-state index in [-0.39, 0.29) is 18.3 Å². The SMILES string of the molecule is NC(=O)C1Oc2ccc(F)cc2C1NC(=O)c1ccc(CN2CCCC(CO)C2)o1. The number of carbonyl (C=O) groups excluding carboxylic acids is 2. The van der Waals surface area contributed by atoms with Crippen LogP contribution in [0.25, 0.3) is 0 Å². The number of nitrogens with zero attached hydrogens (tertiary/aromatic N) is 1. The third kappa shape index (κ3) is 4.17. The van der Waals surface area contributed by atoms with Crippen LogP contribution < -0.4 is 15.8 Å². The number of piperidine rings is 1. The van der Waals surface area contributed by atoms with Gasteiger partial charge in [0.25, 0.3) is 11.8 Å². The van der Waals surface area contributed by atoms with E-state index in [1.807, 2.05) is 0 Å². The van der Waals surface area contributed by atoms with E-state index in [1.54, 1.807) is 12.1 Å². The van der Waals surface area contributed by atoms with Crippen molar-refractivity contribution in [2.45, 2.75) is 31.5 Å². The average Bonchev–Trinajstić information content (AvgIpc) is 3.33. The Kier molecular flexibility index (Phi) is 5.74. The van der Waals surface area contributed by atoms with Gasteiger partial charge < -0.3 is 25.3 Å². The molecule has 0 spiro atoms. The summed E-state index contributed by atoms with van der Waals surface area (Å²) in [6, 6.07) is 6.19. The van der Waals surface area contributed by atoms with Crippen LogP contribution in [0.4, 0.5) is 4.39 Å². The van der Waals surface area contributed by atoms with Crippen LogP contribution in [0, 0.1) is 11.7 Å². The summed E-state index contributed by atoms with van der Waals surface area (Å²) in [7, 11) is 0. The molecule has 0 bridgehead atoms. The Morgan fingerprint density at radius 3 is 2.90 bits per heavy atom. The van der Waals surface area contributed by atoms with Gasteiger partial charge in [-0.15, -0.1) is 0 Å². The van der Waals surface area contributed by atoms with Gasteiger partial charge >= 0.3 is 0 Å². The van der Waals surface area contributed by atoms with E-state index in [2.05, 4.69) is 10.2 Å². The zero-order chi connectivity index (χ0) is 21.3. The van der Waals surface area contributed by atoms with Crippen LogP contribution in [0.2, 0.25) is 0 Å². The number of fused-ring (bicyclic) bond motifs is 1. The number of hydrogen-bond donors (Lipinski definition) is 3. The van der Waals surface area contributed by atoms with Crippen molar-refractivity contribution in [3.05, 3.63) is 53.2 Å². The molecular formula is C21H24FN3O5. The number of nitrogens with one attached hydrogen (secondary N) is 1. The molecule has 2 aliphatic heterocycles. The quantitative estimate of drug-likeness (QED) is 0.653. The minimum Gasteiger partial charge on any atom is -0.478 e. The Bertz CT molecular complexity index is 946. The highest BCUT2D eigenvalue weighted by Crippen LogP contribution is 2.37. The van der Waals surface area contributed by atoms with Gasteiger partial charge in [0.05, 0.1) is 6.54 Å². The zero-order valence-corrected chi connectivity index (χ0v) is 16.3. The summed E-state index contributed by atoms with van der Waals surface area (Å²) in [5, 5.41) is 12.0. The van der Waals surface area contributed by atoms with Crippen LogP contribution in [-0.4, -0.2) is 47.6 Å². The van der Waals surface area contributed by atoms with Crippen molar-refractivity contribution in [2.75, 3.05) is 19.7 Å². The number of aliphatic hydroxyl groups is 1. The highest BCUT2D eigenvalue weighted by Gasteiger charge is 2.40. The number of ether oxygens (including phenoxy) is 1. The molecule has 1 fully saturated rings. The second-order valence-corrected chi connectivity index (χ2v) is 7.77. The minimum atomic E-state index is -1.14. The van der Waals surface area contributed by atoms with Gasteiger partial charge in [-0.1, -0.05) is 0 Å². The third-order valence-electron chi connectivity index (χ3n) is 5.56. The Balaban J connectivity index is 1.45. The third-order valence-corrected chi connectivity index (χ3v) is 5.56. The Labute approximate surface area is 172 Å². The molecule has 1 saturated heterocycles. The summed E-state index contributed by atoms with van der Waals surface area (Å²) in [6.45, 7) is 2.38.